The van der Waals surface area contributed by atoms with Gasteiger partial charge in [0.25, 0.3) is 0 Å². The van der Waals surface area contributed by atoms with Crippen LogP contribution in [0.15, 0.2) is 6.07 Å². The zero-order valence-corrected chi connectivity index (χ0v) is 11.4. The Morgan fingerprint density at radius 2 is 2.00 bits per heavy atom. The fraction of sp³-hybridized carbons (Fsp3) is 0.615. The lowest BCUT2D eigenvalue weighted by Crippen LogP contribution is -2.36. The highest BCUT2D eigenvalue weighted by molar-refractivity contribution is 5.46. The molecule has 106 valence electrons. The molecule has 1 aromatic rings. The van der Waals surface area contributed by atoms with Gasteiger partial charge in [0, 0.05) is 19.7 Å². The van der Waals surface area contributed by atoms with Crippen molar-refractivity contribution >= 4 is 11.6 Å². The lowest BCUT2D eigenvalue weighted by atomic mass is 9.97. The van der Waals surface area contributed by atoms with E-state index in [-0.39, 0.29) is 11.6 Å². The van der Waals surface area contributed by atoms with E-state index in [1.54, 1.807) is 11.9 Å². The summed E-state index contributed by atoms with van der Waals surface area (Å²) < 4.78 is 26.8. The molecule has 2 rings (SSSR count). The molecule has 4 nitrogen and oxygen atoms in total. The molecule has 0 aromatic carbocycles. The van der Waals surface area contributed by atoms with Crippen LogP contribution in [-0.2, 0) is 0 Å². The van der Waals surface area contributed by atoms with E-state index in [9.17, 15) is 8.78 Å². The SMILES string of the molecule is CN1CCC(CN(C)c2nc(N)c(F)cc2F)CC1. The number of nitrogens with zero attached hydrogens (tertiary/aromatic N) is 3. The minimum Gasteiger partial charge on any atom is -0.381 e. The van der Waals surface area contributed by atoms with Gasteiger partial charge in [0.15, 0.2) is 23.3 Å². The van der Waals surface area contributed by atoms with Gasteiger partial charge in [-0.05, 0) is 38.9 Å². The van der Waals surface area contributed by atoms with Gasteiger partial charge < -0.3 is 15.5 Å². The summed E-state index contributed by atoms with van der Waals surface area (Å²) in [4.78, 5) is 7.80. The van der Waals surface area contributed by atoms with Crippen LogP contribution in [0.4, 0.5) is 20.4 Å². The predicted octanol–water partition coefficient (Wildman–Crippen LogP) is 1.72. The number of hydrogen-bond acceptors (Lipinski definition) is 4. The molecule has 1 aliphatic rings. The van der Waals surface area contributed by atoms with E-state index in [4.69, 9.17) is 5.73 Å². The van der Waals surface area contributed by atoms with Crippen LogP contribution in [0.3, 0.4) is 0 Å². The van der Waals surface area contributed by atoms with E-state index in [0.717, 1.165) is 32.0 Å². The molecule has 0 bridgehead atoms. The van der Waals surface area contributed by atoms with Gasteiger partial charge in [0.05, 0.1) is 0 Å². The monoisotopic (exact) mass is 270 g/mol. The van der Waals surface area contributed by atoms with E-state index in [1.807, 2.05) is 0 Å². The van der Waals surface area contributed by atoms with Crippen molar-refractivity contribution in [1.29, 1.82) is 0 Å². The Balaban J connectivity index is 2.03. The molecule has 1 saturated heterocycles. The van der Waals surface area contributed by atoms with Crippen LogP contribution in [0.1, 0.15) is 12.8 Å². The Morgan fingerprint density at radius 1 is 1.37 bits per heavy atom. The van der Waals surface area contributed by atoms with Crippen molar-refractivity contribution in [2.45, 2.75) is 12.8 Å². The number of piperidine rings is 1. The number of pyridine rings is 1. The number of halogens is 2. The highest BCUT2D eigenvalue weighted by atomic mass is 19.1. The van der Waals surface area contributed by atoms with Crippen molar-refractivity contribution in [2.75, 3.05) is 44.4 Å². The Labute approximate surface area is 112 Å². The van der Waals surface area contributed by atoms with Crippen molar-refractivity contribution in [3.8, 4) is 0 Å². The highest BCUT2D eigenvalue weighted by Crippen LogP contribution is 2.23. The van der Waals surface area contributed by atoms with Gasteiger partial charge in [-0.15, -0.1) is 0 Å². The summed E-state index contributed by atoms with van der Waals surface area (Å²) in [7, 11) is 3.86. The second kappa shape index (κ2) is 5.69. The summed E-state index contributed by atoms with van der Waals surface area (Å²) in [6.45, 7) is 2.82. The molecule has 0 atom stereocenters. The number of aromatic nitrogens is 1. The minimum absolute atomic E-state index is 0.123. The third-order valence-electron chi connectivity index (χ3n) is 3.67. The summed E-state index contributed by atoms with van der Waals surface area (Å²) in [5, 5.41) is 0. The zero-order chi connectivity index (χ0) is 14.0. The molecule has 0 spiro atoms. The van der Waals surface area contributed by atoms with Gasteiger partial charge in [-0.3, -0.25) is 0 Å². The molecule has 0 unspecified atom stereocenters. The predicted molar refractivity (Wildman–Crippen MR) is 72.1 cm³/mol. The average molecular weight is 270 g/mol. The molecule has 0 radical (unpaired) electrons. The number of nitrogens with two attached hydrogens (primary N) is 1. The summed E-state index contributed by atoms with van der Waals surface area (Å²) in [6, 6.07) is 0.794. The maximum atomic E-state index is 13.7. The summed E-state index contributed by atoms with van der Waals surface area (Å²) in [6.07, 6.45) is 2.16. The number of likely N-dealkylation sites (tertiary alicyclic amines) is 1. The third-order valence-corrected chi connectivity index (χ3v) is 3.67. The van der Waals surface area contributed by atoms with Gasteiger partial charge in [0.1, 0.15) is 0 Å². The van der Waals surface area contributed by atoms with E-state index in [2.05, 4.69) is 16.9 Å². The summed E-state index contributed by atoms with van der Waals surface area (Å²) in [5.41, 5.74) is 5.39. The fourth-order valence-corrected chi connectivity index (χ4v) is 2.46. The lowest BCUT2D eigenvalue weighted by Gasteiger charge is -2.32. The van der Waals surface area contributed by atoms with E-state index < -0.39 is 11.6 Å². The second-order valence-corrected chi connectivity index (χ2v) is 5.29. The van der Waals surface area contributed by atoms with E-state index >= 15 is 0 Å². The topological polar surface area (TPSA) is 45.4 Å². The summed E-state index contributed by atoms with van der Waals surface area (Å²) in [5.74, 6) is -1.10. The van der Waals surface area contributed by atoms with Crippen molar-refractivity contribution in [3.05, 3.63) is 17.7 Å². The standard InChI is InChI=1S/C13H20F2N4/c1-18-5-3-9(4-6-18)8-19(2)13-11(15)7-10(14)12(16)17-13/h7,9H,3-6,8H2,1-2H3,(H2,16,17). The van der Waals surface area contributed by atoms with Gasteiger partial charge in [-0.25, -0.2) is 13.8 Å². The molecule has 0 aliphatic carbocycles. The molecule has 1 aliphatic heterocycles. The second-order valence-electron chi connectivity index (χ2n) is 5.29. The molecule has 19 heavy (non-hydrogen) atoms. The molecule has 0 saturated carbocycles. The maximum Gasteiger partial charge on any atom is 0.168 e. The summed E-state index contributed by atoms with van der Waals surface area (Å²) >= 11 is 0. The molecule has 2 N–H and O–H groups in total. The third kappa shape index (κ3) is 3.32. The average Bonchev–Trinajstić information content (AvgIpc) is 2.36. The fourth-order valence-electron chi connectivity index (χ4n) is 2.46. The quantitative estimate of drug-likeness (QED) is 0.908. The minimum atomic E-state index is -0.811. The van der Waals surface area contributed by atoms with E-state index in [1.165, 1.54) is 0 Å². The Kier molecular flexibility index (Phi) is 4.19. The van der Waals surface area contributed by atoms with Crippen LogP contribution >= 0.6 is 0 Å². The Morgan fingerprint density at radius 3 is 2.63 bits per heavy atom. The molecule has 1 fully saturated rings. The van der Waals surface area contributed by atoms with Crippen molar-refractivity contribution in [2.24, 2.45) is 5.92 Å². The number of hydrogen-bond donors (Lipinski definition) is 1. The molecule has 6 heteroatoms. The van der Waals surface area contributed by atoms with Gasteiger partial charge >= 0.3 is 0 Å². The first-order chi connectivity index (χ1) is 8.97. The maximum absolute atomic E-state index is 13.7. The number of anilines is 2. The number of nitrogen functional groups attached to an aromatic ring is 1. The molecule has 2 heterocycles. The normalized spacial score (nSPS) is 17.7. The van der Waals surface area contributed by atoms with Crippen LogP contribution in [-0.4, -0.2) is 43.6 Å². The van der Waals surface area contributed by atoms with Crippen LogP contribution in [0, 0.1) is 17.6 Å². The highest BCUT2D eigenvalue weighted by Gasteiger charge is 2.21. The van der Waals surface area contributed by atoms with Gasteiger partial charge in [-0.1, -0.05) is 0 Å². The largest absolute Gasteiger partial charge is 0.381 e. The Bertz CT molecular complexity index is 445. The smallest absolute Gasteiger partial charge is 0.168 e. The van der Waals surface area contributed by atoms with Crippen LogP contribution in [0.2, 0.25) is 0 Å². The van der Waals surface area contributed by atoms with Crippen molar-refractivity contribution in [3.63, 3.8) is 0 Å². The first kappa shape index (κ1) is 14.0. The number of rotatable bonds is 3. The van der Waals surface area contributed by atoms with Crippen LogP contribution < -0.4 is 10.6 Å². The van der Waals surface area contributed by atoms with Crippen LogP contribution in [0.5, 0.6) is 0 Å². The first-order valence-electron chi connectivity index (χ1n) is 6.48. The lowest BCUT2D eigenvalue weighted by molar-refractivity contribution is 0.222. The van der Waals surface area contributed by atoms with E-state index in [0.29, 0.717) is 12.5 Å². The molecular formula is C13H20F2N4. The van der Waals surface area contributed by atoms with Crippen molar-refractivity contribution in [1.82, 2.24) is 9.88 Å². The molecule has 1 aromatic heterocycles. The van der Waals surface area contributed by atoms with Gasteiger partial charge in [0.2, 0.25) is 0 Å². The zero-order valence-electron chi connectivity index (χ0n) is 11.4. The van der Waals surface area contributed by atoms with Crippen molar-refractivity contribution < 1.29 is 8.78 Å². The van der Waals surface area contributed by atoms with Gasteiger partial charge in [-0.2, -0.15) is 0 Å². The Hall–Kier alpha value is -1.43. The molecule has 0 amide bonds. The first-order valence-corrected chi connectivity index (χ1v) is 6.48. The van der Waals surface area contributed by atoms with Crippen LogP contribution in [0.25, 0.3) is 0 Å². The molecular weight excluding hydrogens is 250 g/mol.